The summed E-state index contributed by atoms with van der Waals surface area (Å²) >= 11 is 5.95. The second-order valence-electron chi connectivity index (χ2n) is 5.95. The average Bonchev–Trinajstić information content (AvgIpc) is 2.66. The van der Waals surface area contributed by atoms with Crippen molar-refractivity contribution in [3.63, 3.8) is 0 Å². The Morgan fingerprint density at radius 1 is 1.33 bits per heavy atom. The molecule has 1 heterocycles. The van der Waals surface area contributed by atoms with Gasteiger partial charge >= 0.3 is 6.09 Å². The Kier molecular flexibility index (Phi) is 5.28. The van der Waals surface area contributed by atoms with Crippen molar-refractivity contribution >= 4 is 29.3 Å². The van der Waals surface area contributed by atoms with Crippen molar-refractivity contribution in [1.29, 1.82) is 5.26 Å². The fourth-order valence-corrected chi connectivity index (χ4v) is 3.27. The zero-order valence-electron chi connectivity index (χ0n) is 14.3. The molecule has 2 aromatic rings. The number of halogens is 2. The lowest BCUT2D eigenvalue weighted by Crippen LogP contribution is -2.45. The molecule has 138 valence electrons. The molecule has 6 nitrogen and oxygen atoms in total. The van der Waals surface area contributed by atoms with E-state index in [-0.39, 0.29) is 17.8 Å². The Morgan fingerprint density at radius 2 is 2.11 bits per heavy atom. The molecule has 0 saturated carbocycles. The number of nitriles is 1. The third kappa shape index (κ3) is 3.71. The van der Waals surface area contributed by atoms with Gasteiger partial charge in [0.25, 0.3) is 5.91 Å². The lowest BCUT2D eigenvalue weighted by Gasteiger charge is -2.35. The first-order valence-electron chi connectivity index (χ1n) is 8.08. The van der Waals surface area contributed by atoms with E-state index in [0.717, 1.165) is 5.56 Å². The molecule has 0 fully saturated rings. The molecule has 0 bridgehead atoms. The zero-order valence-corrected chi connectivity index (χ0v) is 15.1. The van der Waals surface area contributed by atoms with Gasteiger partial charge in [0.1, 0.15) is 17.9 Å². The summed E-state index contributed by atoms with van der Waals surface area (Å²) in [5, 5.41) is 12.2. The number of anilines is 1. The van der Waals surface area contributed by atoms with Crippen molar-refractivity contribution in [2.45, 2.75) is 12.5 Å². The quantitative estimate of drug-likeness (QED) is 0.852. The van der Waals surface area contributed by atoms with Crippen LogP contribution in [-0.2, 0) is 16.0 Å². The monoisotopic (exact) mass is 387 g/mol. The fraction of sp³-hybridized carbons (Fsp3) is 0.211. The van der Waals surface area contributed by atoms with E-state index in [0.29, 0.717) is 17.0 Å². The number of amides is 2. The fourth-order valence-electron chi connectivity index (χ4n) is 3.10. The third-order valence-electron chi connectivity index (χ3n) is 4.35. The van der Waals surface area contributed by atoms with Crippen molar-refractivity contribution in [2.24, 2.45) is 0 Å². The maximum atomic E-state index is 13.8. The van der Waals surface area contributed by atoms with E-state index in [2.05, 4.69) is 5.32 Å². The molecule has 0 aromatic heterocycles. The minimum atomic E-state index is -1.09. The summed E-state index contributed by atoms with van der Waals surface area (Å²) in [4.78, 5) is 26.4. The van der Waals surface area contributed by atoms with Crippen LogP contribution in [0.5, 0.6) is 0 Å². The number of rotatable bonds is 2. The van der Waals surface area contributed by atoms with E-state index in [1.807, 2.05) is 6.07 Å². The molecule has 0 saturated heterocycles. The highest BCUT2D eigenvalue weighted by Gasteiger charge is 2.37. The van der Waals surface area contributed by atoms with Crippen molar-refractivity contribution < 1.29 is 18.7 Å². The first kappa shape index (κ1) is 18.7. The lowest BCUT2D eigenvalue weighted by atomic mass is 9.92. The van der Waals surface area contributed by atoms with Crippen LogP contribution in [0, 0.1) is 17.1 Å². The number of ether oxygens (including phenoxy) is 1. The van der Waals surface area contributed by atoms with Gasteiger partial charge in [-0.15, -0.1) is 0 Å². The zero-order chi connectivity index (χ0) is 19.6. The Bertz CT molecular complexity index is 958. The van der Waals surface area contributed by atoms with Gasteiger partial charge in [-0.3, -0.25) is 9.69 Å². The number of nitrogens with zero attached hydrogens (tertiary/aromatic N) is 2. The van der Waals surface area contributed by atoms with Crippen molar-refractivity contribution in [3.05, 3.63) is 63.9 Å². The minimum Gasteiger partial charge on any atom is -0.453 e. The molecule has 3 rings (SSSR count). The molecule has 8 heteroatoms. The molecular weight excluding hydrogens is 373 g/mol. The average molecular weight is 388 g/mol. The summed E-state index contributed by atoms with van der Waals surface area (Å²) in [5.74, 6) is -1.11. The molecule has 0 radical (unpaired) electrons. The molecule has 2 aromatic carbocycles. The number of methoxy groups -OCH3 is 1. The molecule has 1 N–H and O–H groups in total. The summed E-state index contributed by atoms with van der Waals surface area (Å²) in [5.41, 5.74) is 1.57. The van der Waals surface area contributed by atoms with Gasteiger partial charge in [-0.1, -0.05) is 17.7 Å². The van der Waals surface area contributed by atoms with Crippen LogP contribution in [-0.4, -0.2) is 30.6 Å². The first-order chi connectivity index (χ1) is 12.9. The molecule has 0 unspecified atom stereocenters. The van der Waals surface area contributed by atoms with Crippen LogP contribution in [0.4, 0.5) is 14.9 Å². The van der Waals surface area contributed by atoms with E-state index in [1.165, 1.54) is 42.3 Å². The van der Waals surface area contributed by atoms with Crippen LogP contribution in [0.1, 0.15) is 22.7 Å². The third-order valence-corrected chi connectivity index (χ3v) is 4.59. The van der Waals surface area contributed by atoms with Crippen LogP contribution >= 0.6 is 11.6 Å². The van der Waals surface area contributed by atoms with Crippen molar-refractivity contribution in [2.75, 3.05) is 19.0 Å². The number of benzene rings is 2. The summed E-state index contributed by atoms with van der Waals surface area (Å²) in [6.07, 6.45) is -0.230. The van der Waals surface area contributed by atoms with Crippen LogP contribution in [0.15, 0.2) is 36.4 Å². The molecule has 0 spiro atoms. The Hall–Kier alpha value is -3.11. The van der Waals surface area contributed by atoms with Crippen LogP contribution in [0.25, 0.3) is 0 Å². The summed E-state index contributed by atoms with van der Waals surface area (Å²) in [6.45, 7) is 0.240. The maximum Gasteiger partial charge on any atom is 0.410 e. The standard InChI is InChI=1S/C19H15ClFN3O3/c1-27-19(26)24-7-6-11-3-5-14(21)9-15(11)17(24)18(25)23-16-8-13(20)4-2-12(16)10-22/h2-5,8-9,17H,6-7H2,1H3,(H,23,25)/t17-/m0/s1. The van der Waals surface area contributed by atoms with E-state index >= 15 is 0 Å². The smallest absolute Gasteiger partial charge is 0.410 e. The Labute approximate surface area is 160 Å². The Morgan fingerprint density at radius 3 is 2.81 bits per heavy atom. The molecule has 1 aliphatic heterocycles. The van der Waals surface area contributed by atoms with Crippen molar-refractivity contribution in [1.82, 2.24) is 4.90 Å². The van der Waals surface area contributed by atoms with Gasteiger partial charge in [0, 0.05) is 11.6 Å². The maximum absolute atomic E-state index is 13.8. The summed E-state index contributed by atoms with van der Waals surface area (Å²) < 4.78 is 18.6. The van der Waals surface area contributed by atoms with Gasteiger partial charge in [0.2, 0.25) is 0 Å². The molecule has 27 heavy (non-hydrogen) atoms. The summed E-state index contributed by atoms with van der Waals surface area (Å²) in [7, 11) is 1.21. The molecule has 0 aliphatic carbocycles. The molecule has 1 atom stereocenters. The molecule has 1 aliphatic rings. The van der Waals surface area contributed by atoms with Crippen LogP contribution in [0.2, 0.25) is 5.02 Å². The van der Waals surface area contributed by atoms with Gasteiger partial charge in [-0.25, -0.2) is 9.18 Å². The van der Waals surface area contributed by atoms with E-state index in [1.54, 1.807) is 6.07 Å². The number of carbonyl (C=O) groups excluding carboxylic acids is 2. The first-order valence-corrected chi connectivity index (χ1v) is 8.46. The normalized spacial score (nSPS) is 15.5. The van der Waals surface area contributed by atoms with Gasteiger partial charge < -0.3 is 10.1 Å². The Balaban J connectivity index is 2.02. The van der Waals surface area contributed by atoms with Gasteiger partial charge in [-0.2, -0.15) is 5.26 Å². The number of carbonyl (C=O) groups is 2. The van der Waals surface area contributed by atoms with Gasteiger partial charge in [-0.05, 0) is 47.9 Å². The SMILES string of the molecule is COC(=O)N1CCc2ccc(F)cc2[C@H]1C(=O)Nc1cc(Cl)ccc1C#N. The number of hydrogen-bond acceptors (Lipinski definition) is 4. The molecule has 2 amide bonds. The second-order valence-corrected chi connectivity index (χ2v) is 6.39. The summed E-state index contributed by atoms with van der Waals surface area (Å²) in [6, 6.07) is 9.46. The topological polar surface area (TPSA) is 82.4 Å². The number of hydrogen-bond donors (Lipinski definition) is 1. The van der Waals surface area contributed by atoms with E-state index in [9.17, 15) is 19.2 Å². The molecular formula is C19H15ClFN3O3. The predicted octanol–water partition coefficient (Wildman–Crippen LogP) is 3.66. The highest BCUT2D eigenvalue weighted by Crippen LogP contribution is 2.32. The lowest BCUT2D eigenvalue weighted by molar-refractivity contribution is -0.121. The van der Waals surface area contributed by atoms with E-state index in [4.69, 9.17) is 16.3 Å². The van der Waals surface area contributed by atoms with Gasteiger partial charge in [0.15, 0.2) is 0 Å². The largest absolute Gasteiger partial charge is 0.453 e. The van der Waals surface area contributed by atoms with Crippen molar-refractivity contribution in [3.8, 4) is 6.07 Å². The number of nitrogens with one attached hydrogen (secondary N) is 1. The van der Waals surface area contributed by atoms with Crippen LogP contribution in [0.3, 0.4) is 0 Å². The highest BCUT2D eigenvalue weighted by molar-refractivity contribution is 6.31. The predicted molar refractivity (Wildman–Crippen MR) is 96.8 cm³/mol. The second kappa shape index (κ2) is 7.64. The number of fused-ring (bicyclic) bond motifs is 1. The van der Waals surface area contributed by atoms with Crippen LogP contribution < -0.4 is 5.32 Å². The minimum absolute atomic E-state index is 0.211. The highest BCUT2D eigenvalue weighted by atomic mass is 35.5. The van der Waals surface area contributed by atoms with E-state index < -0.39 is 23.9 Å². The van der Waals surface area contributed by atoms with Gasteiger partial charge in [0.05, 0.1) is 18.4 Å².